The molecule has 0 radical (unpaired) electrons. The number of hydrogen-bond acceptors (Lipinski definition) is 2. The van der Waals surface area contributed by atoms with Crippen LogP contribution < -0.4 is 10.6 Å². The molecule has 1 aromatic carbocycles. The van der Waals surface area contributed by atoms with E-state index in [2.05, 4.69) is 72.5 Å². The van der Waals surface area contributed by atoms with Gasteiger partial charge in [-0.25, -0.2) is 0 Å². The molecule has 4 nitrogen and oxygen atoms in total. The van der Waals surface area contributed by atoms with Gasteiger partial charge in [-0.1, -0.05) is 50.6 Å². The molecule has 25 heavy (non-hydrogen) atoms. The van der Waals surface area contributed by atoms with Crippen LogP contribution >= 0.6 is 0 Å². The van der Waals surface area contributed by atoms with E-state index in [1.165, 1.54) is 43.6 Å². The van der Waals surface area contributed by atoms with Crippen molar-refractivity contribution in [3.63, 3.8) is 0 Å². The maximum atomic E-state index is 4.41. The molecule has 1 saturated heterocycles. The van der Waals surface area contributed by atoms with Gasteiger partial charge in [-0.2, -0.15) is 0 Å². The second-order valence-electron chi connectivity index (χ2n) is 7.88. The van der Waals surface area contributed by atoms with Gasteiger partial charge in [0.1, 0.15) is 0 Å². The monoisotopic (exact) mass is 344 g/mol. The first-order chi connectivity index (χ1) is 12.0. The highest BCUT2D eigenvalue weighted by molar-refractivity contribution is 5.80. The van der Waals surface area contributed by atoms with E-state index in [1.807, 2.05) is 7.05 Å². The smallest absolute Gasteiger partial charge is 0.191 e. The molecule has 0 amide bonds. The first-order valence-corrected chi connectivity index (χ1v) is 9.74. The van der Waals surface area contributed by atoms with E-state index < -0.39 is 0 Å². The number of nitrogens with one attached hydrogen (secondary N) is 2. The summed E-state index contributed by atoms with van der Waals surface area (Å²) in [6.45, 7) is 13.5. The van der Waals surface area contributed by atoms with Gasteiger partial charge in [-0.05, 0) is 37.2 Å². The van der Waals surface area contributed by atoms with Crippen LogP contribution in [0, 0.1) is 12.8 Å². The van der Waals surface area contributed by atoms with Crippen molar-refractivity contribution in [1.29, 1.82) is 0 Å². The van der Waals surface area contributed by atoms with Crippen molar-refractivity contribution < 1.29 is 0 Å². The Kier molecular flexibility index (Phi) is 7.76. The Morgan fingerprint density at radius 2 is 1.80 bits per heavy atom. The lowest BCUT2D eigenvalue weighted by Gasteiger charge is -2.34. The van der Waals surface area contributed by atoms with E-state index in [9.17, 15) is 0 Å². The van der Waals surface area contributed by atoms with Crippen molar-refractivity contribution in [2.24, 2.45) is 10.9 Å². The first-order valence-electron chi connectivity index (χ1n) is 9.74. The van der Waals surface area contributed by atoms with Crippen LogP contribution in [0.3, 0.4) is 0 Å². The molecule has 1 aromatic rings. The van der Waals surface area contributed by atoms with Gasteiger partial charge in [0, 0.05) is 39.3 Å². The number of nitrogens with zero attached hydrogens (tertiary/aromatic N) is 2. The van der Waals surface area contributed by atoms with Crippen LogP contribution in [-0.2, 0) is 0 Å². The Bertz CT molecular complexity index is 527. The molecular weight excluding hydrogens is 308 g/mol. The van der Waals surface area contributed by atoms with Gasteiger partial charge in [0.15, 0.2) is 5.96 Å². The number of guanidine groups is 1. The number of aliphatic imine (C=N–C) groups is 1. The fourth-order valence-electron chi connectivity index (χ4n) is 3.43. The van der Waals surface area contributed by atoms with Crippen LogP contribution in [0.5, 0.6) is 0 Å². The summed E-state index contributed by atoms with van der Waals surface area (Å²) >= 11 is 0. The molecule has 1 heterocycles. The molecule has 0 aliphatic carbocycles. The third-order valence-electron chi connectivity index (χ3n) is 5.00. The minimum atomic E-state index is 0.465. The van der Waals surface area contributed by atoms with Gasteiger partial charge in [-0.15, -0.1) is 0 Å². The summed E-state index contributed by atoms with van der Waals surface area (Å²) in [6.07, 6.45) is 2.39. The van der Waals surface area contributed by atoms with Gasteiger partial charge in [0.25, 0.3) is 0 Å². The maximum Gasteiger partial charge on any atom is 0.191 e. The quantitative estimate of drug-likeness (QED) is 0.614. The standard InChI is InChI=1S/C21H36N4/c1-16(2)15-25-12-10-20(11-13-25)24-21(22-5)23-14-18(4)19-8-6-17(3)7-9-19/h6-9,16,18,20H,10-15H2,1-5H3,(H2,22,23,24). The van der Waals surface area contributed by atoms with Crippen LogP contribution in [0.15, 0.2) is 29.3 Å². The zero-order valence-corrected chi connectivity index (χ0v) is 16.7. The van der Waals surface area contributed by atoms with Gasteiger partial charge >= 0.3 is 0 Å². The Labute approximate surface area is 154 Å². The number of aryl methyl sites for hydroxylation is 1. The van der Waals surface area contributed by atoms with Crippen LogP contribution in [0.25, 0.3) is 0 Å². The Hall–Kier alpha value is -1.55. The summed E-state index contributed by atoms with van der Waals surface area (Å²) in [5.41, 5.74) is 2.68. The van der Waals surface area contributed by atoms with Crippen molar-refractivity contribution >= 4 is 5.96 Å². The summed E-state index contributed by atoms with van der Waals surface area (Å²) in [4.78, 5) is 6.99. The molecule has 1 aliphatic heterocycles. The summed E-state index contributed by atoms with van der Waals surface area (Å²) < 4.78 is 0. The maximum absolute atomic E-state index is 4.41. The minimum Gasteiger partial charge on any atom is -0.356 e. The Morgan fingerprint density at radius 3 is 2.36 bits per heavy atom. The normalized spacial score (nSPS) is 18.4. The number of piperidine rings is 1. The zero-order chi connectivity index (χ0) is 18.2. The second-order valence-corrected chi connectivity index (χ2v) is 7.88. The Balaban J connectivity index is 1.75. The molecule has 0 saturated carbocycles. The zero-order valence-electron chi connectivity index (χ0n) is 16.7. The topological polar surface area (TPSA) is 39.7 Å². The van der Waals surface area contributed by atoms with Crippen molar-refractivity contribution in [2.75, 3.05) is 33.2 Å². The predicted molar refractivity (Wildman–Crippen MR) is 108 cm³/mol. The minimum absolute atomic E-state index is 0.465. The number of rotatable bonds is 6. The molecule has 1 atom stereocenters. The molecular formula is C21H36N4. The van der Waals surface area contributed by atoms with E-state index in [0.29, 0.717) is 12.0 Å². The van der Waals surface area contributed by atoms with Crippen LogP contribution in [0.4, 0.5) is 0 Å². The van der Waals surface area contributed by atoms with Crippen molar-refractivity contribution in [2.45, 2.75) is 52.5 Å². The van der Waals surface area contributed by atoms with E-state index in [-0.39, 0.29) is 0 Å². The van der Waals surface area contributed by atoms with Crippen LogP contribution in [0.2, 0.25) is 0 Å². The van der Waals surface area contributed by atoms with Crippen LogP contribution in [0.1, 0.15) is 50.7 Å². The van der Waals surface area contributed by atoms with Gasteiger partial charge in [0.2, 0.25) is 0 Å². The molecule has 140 valence electrons. The third-order valence-corrected chi connectivity index (χ3v) is 5.00. The fraction of sp³-hybridized carbons (Fsp3) is 0.667. The van der Waals surface area contributed by atoms with Crippen molar-refractivity contribution in [3.8, 4) is 0 Å². The number of likely N-dealkylation sites (tertiary alicyclic amines) is 1. The van der Waals surface area contributed by atoms with Gasteiger partial charge < -0.3 is 15.5 Å². The van der Waals surface area contributed by atoms with Gasteiger partial charge in [0.05, 0.1) is 0 Å². The lowest BCUT2D eigenvalue weighted by molar-refractivity contribution is 0.187. The van der Waals surface area contributed by atoms with Crippen molar-refractivity contribution in [3.05, 3.63) is 35.4 Å². The fourth-order valence-corrected chi connectivity index (χ4v) is 3.43. The molecule has 2 N–H and O–H groups in total. The van der Waals surface area contributed by atoms with Crippen molar-refractivity contribution in [1.82, 2.24) is 15.5 Å². The molecule has 1 aliphatic rings. The largest absolute Gasteiger partial charge is 0.356 e. The average molecular weight is 345 g/mol. The first kappa shape index (κ1) is 19.8. The number of hydrogen-bond donors (Lipinski definition) is 2. The molecule has 0 bridgehead atoms. The van der Waals surface area contributed by atoms with E-state index in [4.69, 9.17) is 0 Å². The molecule has 1 fully saturated rings. The summed E-state index contributed by atoms with van der Waals surface area (Å²) in [7, 11) is 1.86. The molecule has 4 heteroatoms. The highest BCUT2D eigenvalue weighted by atomic mass is 15.2. The number of benzene rings is 1. The molecule has 0 spiro atoms. The van der Waals surface area contributed by atoms with Crippen LogP contribution in [-0.4, -0.2) is 50.1 Å². The summed E-state index contributed by atoms with van der Waals surface area (Å²) in [6, 6.07) is 9.35. The average Bonchev–Trinajstić information content (AvgIpc) is 2.60. The highest BCUT2D eigenvalue weighted by Gasteiger charge is 2.20. The lowest BCUT2D eigenvalue weighted by Crippen LogP contribution is -2.49. The second kappa shape index (κ2) is 9.81. The van der Waals surface area contributed by atoms with E-state index in [1.54, 1.807) is 0 Å². The molecule has 2 rings (SSSR count). The third kappa shape index (κ3) is 6.69. The predicted octanol–water partition coefficient (Wildman–Crippen LogP) is 3.38. The molecule has 1 unspecified atom stereocenters. The Morgan fingerprint density at radius 1 is 1.16 bits per heavy atom. The highest BCUT2D eigenvalue weighted by Crippen LogP contribution is 2.15. The molecule has 0 aromatic heterocycles. The van der Waals surface area contributed by atoms with E-state index >= 15 is 0 Å². The summed E-state index contributed by atoms with van der Waals surface area (Å²) in [5.74, 6) is 2.15. The summed E-state index contributed by atoms with van der Waals surface area (Å²) in [5, 5.41) is 7.11. The SMILES string of the molecule is CN=C(NCC(C)c1ccc(C)cc1)NC1CCN(CC(C)C)CC1. The lowest BCUT2D eigenvalue weighted by atomic mass is 10.00. The van der Waals surface area contributed by atoms with E-state index in [0.717, 1.165) is 18.4 Å². The van der Waals surface area contributed by atoms with Gasteiger partial charge in [-0.3, -0.25) is 4.99 Å².